The zero-order chi connectivity index (χ0) is 25.4. The molecular formula is C22H21F5N4O4. The number of rotatable bonds is 8. The number of nitrogens with two attached hydrogens (primary N) is 1. The third kappa shape index (κ3) is 4.64. The molecule has 1 fully saturated rings. The molecule has 0 spiro atoms. The average Bonchev–Trinajstić information content (AvgIpc) is 3.26. The average molecular weight is 500 g/mol. The van der Waals surface area contributed by atoms with E-state index in [1.54, 1.807) is 0 Å². The molecule has 0 aliphatic carbocycles. The largest absolute Gasteiger partial charge is 0.459 e. The van der Waals surface area contributed by atoms with E-state index in [0.29, 0.717) is 5.56 Å². The molecule has 0 radical (unpaired) electrons. The summed E-state index contributed by atoms with van der Waals surface area (Å²) in [6.45, 7) is -2.02. The smallest absolute Gasteiger partial charge is 0.301 e. The molecule has 1 saturated heterocycles. The fraction of sp³-hybridized carbons (Fsp3) is 0.455. The van der Waals surface area contributed by atoms with Gasteiger partial charge in [-0.3, -0.25) is 4.79 Å². The first kappa shape index (κ1) is 24.8. The predicted octanol–water partition coefficient (Wildman–Crippen LogP) is 2.90. The molecule has 2 aliphatic rings. The fourth-order valence-electron chi connectivity index (χ4n) is 4.49. The number of carbonyl (C=O) groups excluding carboxylic acids is 1. The maximum absolute atomic E-state index is 15.1. The van der Waals surface area contributed by atoms with Crippen LogP contribution in [0.15, 0.2) is 35.6 Å². The van der Waals surface area contributed by atoms with Gasteiger partial charge in [0.05, 0.1) is 24.9 Å². The second kappa shape index (κ2) is 9.36. The number of Topliss-reactive ketones (excluding diaryl/α,β-unsaturated/α-hetero) is 1. The summed E-state index contributed by atoms with van der Waals surface area (Å²) in [5.41, 5.74) is 4.19. The lowest BCUT2D eigenvalue weighted by Gasteiger charge is -2.42. The molecule has 0 amide bonds. The van der Waals surface area contributed by atoms with Gasteiger partial charge >= 0.3 is 5.92 Å². The summed E-state index contributed by atoms with van der Waals surface area (Å²) >= 11 is 0. The maximum atomic E-state index is 15.1. The zero-order valence-electron chi connectivity index (χ0n) is 18.4. The third-order valence-corrected chi connectivity index (χ3v) is 6.08. The number of halogens is 5. The van der Waals surface area contributed by atoms with Crippen LogP contribution in [0.4, 0.5) is 22.0 Å². The number of hydrogen-bond acceptors (Lipinski definition) is 8. The van der Waals surface area contributed by atoms with Gasteiger partial charge in [-0.2, -0.15) is 0 Å². The monoisotopic (exact) mass is 500 g/mol. The number of ether oxygens (including phenoxy) is 3. The Morgan fingerprint density at radius 3 is 2.71 bits per heavy atom. The van der Waals surface area contributed by atoms with Crippen molar-refractivity contribution in [1.82, 2.24) is 9.97 Å². The van der Waals surface area contributed by atoms with Crippen molar-refractivity contribution in [2.24, 2.45) is 16.6 Å². The second-order valence-electron chi connectivity index (χ2n) is 8.34. The van der Waals surface area contributed by atoms with Crippen LogP contribution in [0.3, 0.4) is 0 Å². The summed E-state index contributed by atoms with van der Waals surface area (Å²) in [7, 11) is 0. The molecule has 35 heavy (non-hydrogen) atoms. The molecule has 188 valence electrons. The summed E-state index contributed by atoms with van der Waals surface area (Å²) in [4.78, 5) is 24.4. The molecule has 13 heteroatoms. The molecule has 0 bridgehead atoms. The van der Waals surface area contributed by atoms with Crippen LogP contribution in [0.1, 0.15) is 28.5 Å². The SMILES string of the molecule is C[C@]1(c2cc(CC(=O)c3cnc(OCF)cn3)ccc2F)N=C(N)O[C@@H]2CO[C@@H](C(F)(F)CF)[C@@H]21. The molecule has 0 saturated carbocycles. The van der Waals surface area contributed by atoms with Crippen molar-refractivity contribution in [2.75, 3.05) is 20.1 Å². The van der Waals surface area contributed by atoms with Crippen molar-refractivity contribution in [3.05, 3.63) is 53.2 Å². The van der Waals surface area contributed by atoms with E-state index in [2.05, 4.69) is 19.7 Å². The van der Waals surface area contributed by atoms with E-state index in [-0.39, 0.29) is 36.2 Å². The molecule has 2 aliphatic heterocycles. The number of ketones is 1. The molecule has 8 nitrogen and oxygen atoms in total. The lowest BCUT2D eigenvalue weighted by Crippen LogP contribution is -2.54. The van der Waals surface area contributed by atoms with Gasteiger partial charge in [0.15, 0.2) is 12.5 Å². The van der Waals surface area contributed by atoms with Crippen molar-refractivity contribution in [3.8, 4) is 5.88 Å². The Labute approximate surface area is 196 Å². The van der Waals surface area contributed by atoms with Gasteiger partial charge in [-0.1, -0.05) is 6.07 Å². The Hall–Kier alpha value is -3.35. The Balaban J connectivity index is 1.67. The van der Waals surface area contributed by atoms with Gasteiger partial charge in [-0.05, 0) is 24.6 Å². The number of nitrogens with zero attached hydrogens (tertiary/aromatic N) is 3. The van der Waals surface area contributed by atoms with Crippen LogP contribution in [0.2, 0.25) is 0 Å². The lowest BCUT2D eigenvalue weighted by molar-refractivity contribution is -0.148. The highest BCUT2D eigenvalue weighted by molar-refractivity contribution is 5.95. The second-order valence-corrected chi connectivity index (χ2v) is 8.34. The normalized spacial score (nSPS) is 26.0. The highest BCUT2D eigenvalue weighted by Crippen LogP contribution is 2.49. The molecule has 1 aromatic carbocycles. The lowest BCUT2D eigenvalue weighted by atomic mass is 9.72. The van der Waals surface area contributed by atoms with Gasteiger partial charge in [0.1, 0.15) is 29.3 Å². The summed E-state index contributed by atoms with van der Waals surface area (Å²) in [6.07, 6.45) is -1.01. The van der Waals surface area contributed by atoms with Crippen LogP contribution >= 0.6 is 0 Å². The highest BCUT2D eigenvalue weighted by atomic mass is 19.3. The Morgan fingerprint density at radius 1 is 1.29 bits per heavy atom. The number of aliphatic imine (C=N–C) groups is 1. The minimum atomic E-state index is -3.87. The number of fused-ring (bicyclic) bond motifs is 1. The van der Waals surface area contributed by atoms with E-state index >= 15 is 4.39 Å². The van der Waals surface area contributed by atoms with Crippen molar-refractivity contribution in [2.45, 2.75) is 37.0 Å². The summed E-state index contributed by atoms with van der Waals surface area (Å²) in [6, 6.07) is 3.37. The Bertz CT molecular complexity index is 1130. The van der Waals surface area contributed by atoms with E-state index in [1.165, 1.54) is 19.1 Å². The molecule has 4 atom stereocenters. The first-order valence-electron chi connectivity index (χ1n) is 10.5. The van der Waals surface area contributed by atoms with E-state index in [0.717, 1.165) is 18.5 Å². The number of amidine groups is 1. The number of hydrogen-bond donors (Lipinski definition) is 1. The molecule has 2 N–H and O–H groups in total. The topological polar surface area (TPSA) is 109 Å². The van der Waals surface area contributed by atoms with E-state index in [9.17, 15) is 22.4 Å². The van der Waals surface area contributed by atoms with Crippen LogP contribution in [-0.4, -0.2) is 60.0 Å². The van der Waals surface area contributed by atoms with Gasteiger partial charge in [-0.25, -0.2) is 36.9 Å². The molecule has 1 aromatic heterocycles. The van der Waals surface area contributed by atoms with Gasteiger partial charge in [0.2, 0.25) is 12.7 Å². The minimum Gasteiger partial charge on any atom is -0.459 e. The Kier molecular flexibility index (Phi) is 6.62. The highest BCUT2D eigenvalue weighted by Gasteiger charge is 2.62. The fourth-order valence-corrected chi connectivity index (χ4v) is 4.49. The number of benzene rings is 1. The summed E-state index contributed by atoms with van der Waals surface area (Å²) in [5.74, 6) is -6.53. The van der Waals surface area contributed by atoms with Crippen LogP contribution in [0.25, 0.3) is 0 Å². The van der Waals surface area contributed by atoms with E-state index in [1.807, 2.05) is 0 Å². The van der Waals surface area contributed by atoms with Crippen LogP contribution in [-0.2, 0) is 21.4 Å². The molecule has 2 aromatic rings. The van der Waals surface area contributed by atoms with Gasteiger partial charge in [0.25, 0.3) is 6.02 Å². The molecular weight excluding hydrogens is 479 g/mol. The summed E-state index contributed by atoms with van der Waals surface area (Å²) < 4.78 is 84.2. The molecule has 4 rings (SSSR count). The first-order valence-corrected chi connectivity index (χ1v) is 10.5. The minimum absolute atomic E-state index is 0.0477. The standard InChI is InChI=1S/C22H21F5N4O4/c1-21(18-16(35-20(28)31-21)8-33-19(18)22(26,27)9-23)12-4-11(2-3-13(12)25)5-15(32)14-6-30-17(7-29-14)34-10-24/h2-4,6-7,16,18-19H,5,8-10H2,1H3,(H2,28,31)/t16-,18-,19-,21-/m1/s1. The summed E-state index contributed by atoms with van der Waals surface area (Å²) in [5, 5.41) is 0. The quantitative estimate of drug-likeness (QED) is 0.439. The number of alkyl halides is 4. The van der Waals surface area contributed by atoms with Gasteiger partial charge in [0, 0.05) is 12.0 Å². The van der Waals surface area contributed by atoms with Crippen LogP contribution in [0, 0.1) is 11.7 Å². The van der Waals surface area contributed by atoms with E-state index < -0.39 is 54.7 Å². The van der Waals surface area contributed by atoms with E-state index in [4.69, 9.17) is 15.2 Å². The van der Waals surface area contributed by atoms with Gasteiger partial charge < -0.3 is 19.9 Å². The Morgan fingerprint density at radius 2 is 2.06 bits per heavy atom. The molecule has 0 unspecified atom stereocenters. The maximum Gasteiger partial charge on any atom is 0.301 e. The van der Waals surface area contributed by atoms with Crippen LogP contribution < -0.4 is 10.5 Å². The first-order chi connectivity index (χ1) is 16.6. The predicted molar refractivity (Wildman–Crippen MR) is 111 cm³/mol. The van der Waals surface area contributed by atoms with Crippen molar-refractivity contribution in [1.29, 1.82) is 0 Å². The third-order valence-electron chi connectivity index (χ3n) is 6.08. The molecule has 3 heterocycles. The van der Waals surface area contributed by atoms with Crippen LogP contribution in [0.5, 0.6) is 5.88 Å². The van der Waals surface area contributed by atoms with Gasteiger partial charge in [-0.15, -0.1) is 0 Å². The number of aromatic nitrogens is 2. The zero-order valence-corrected chi connectivity index (χ0v) is 18.4. The van der Waals surface area contributed by atoms with Crippen molar-refractivity contribution in [3.63, 3.8) is 0 Å². The van der Waals surface area contributed by atoms with Crippen molar-refractivity contribution >= 4 is 11.8 Å². The van der Waals surface area contributed by atoms with Crippen molar-refractivity contribution < 1.29 is 41.0 Å². The number of carbonyl (C=O) groups is 1.